The second-order valence-corrected chi connectivity index (χ2v) is 8.92. The monoisotopic (exact) mass is 524 g/mol. The largest absolute Gasteiger partial charge is 0.453 e. The normalized spacial score (nSPS) is 11.2. The van der Waals surface area contributed by atoms with Crippen LogP contribution in [0.15, 0.2) is 56.5 Å². The van der Waals surface area contributed by atoms with Crippen molar-refractivity contribution >= 4 is 73.5 Å². The molecule has 1 amide bonds. The molecule has 2 aromatic carbocycles. The fraction of sp³-hybridized carbons (Fsp3) is 0.150. The first-order valence-electron chi connectivity index (χ1n) is 8.95. The van der Waals surface area contributed by atoms with Crippen molar-refractivity contribution in [2.45, 2.75) is 18.6 Å². The zero-order chi connectivity index (χ0) is 21.3. The third-order valence-corrected chi connectivity index (χ3v) is 6.57. The Morgan fingerprint density at radius 1 is 1.23 bits per heavy atom. The van der Waals surface area contributed by atoms with Gasteiger partial charge in [0, 0.05) is 16.4 Å². The van der Waals surface area contributed by atoms with E-state index in [4.69, 9.17) is 27.6 Å². The minimum absolute atomic E-state index is 0.147. The van der Waals surface area contributed by atoms with Gasteiger partial charge in [-0.3, -0.25) is 9.36 Å². The molecule has 0 aliphatic rings. The smallest absolute Gasteiger partial charge is 0.234 e. The lowest BCUT2D eigenvalue weighted by Gasteiger charge is -2.08. The summed E-state index contributed by atoms with van der Waals surface area (Å²) in [4.78, 5) is 12.4. The first-order chi connectivity index (χ1) is 14.5. The van der Waals surface area contributed by atoms with Crippen LogP contribution in [0.3, 0.4) is 0 Å². The number of hydrogen-bond donors (Lipinski definition) is 1. The molecule has 2 aromatic heterocycles. The number of hydrogen-bond acceptors (Lipinski definition) is 5. The van der Waals surface area contributed by atoms with Crippen molar-refractivity contribution in [2.24, 2.45) is 0 Å². The highest BCUT2D eigenvalue weighted by Gasteiger charge is 2.18. The van der Waals surface area contributed by atoms with Crippen LogP contribution < -0.4 is 5.32 Å². The highest BCUT2D eigenvalue weighted by molar-refractivity contribution is 9.10. The summed E-state index contributed by atoms with van der Waals surface area (Å²) in [5, 5.41) is 13.6. The summed E-state index contributed by atoms with van der Waals surface area (Å²) in [6.07, 6.45) is 0. The van der Waals surface area contributed by atoms with Gasteiger partial charge in [0.15, 0.2) is 10.9 Å². The molecule has 0 atom stereocenters. The summed E-state index contributed by atoms with van der Waals surface area (Å²) in [7, 11) is 0. The molecule has 0 aliphatic heterocycles. The van der Waals surface area contributed by atoms with Gasteiger partial charge < -0.3 is 9.73 Å². The van der Waals surface area contributed by atoms with Gasteiger partial charge in [-0.1, -0.05) is 57.0 Å². The number of benzene rings is 2. The van der Waals surface area contributed by atoms with Crippen molar-refractivity contribution in [1.82, 2.24) is 14.8 Å². The van der Waals surface area contributed by atoms with Crippen molar-refractivity contribution in [3.05, 3.63) is 57.0 Å². The maximum Gasteiger partial charge on any atom is 0.234 e. The quantitative estimate of drug-likeness (QED) is 0.290. The van der Waals surface area contributed by atoms with Crippen LogP contribution in [-0.2, 0) is 11.3 Å². The van der Waals surface area contributed by atoms with Gasteiger partial charge in [0.1, 0.15) is 5.58 Å². The number of anilines is 1. The minimum atomic E-state index is -0.218. The maximum atomic E-state index is 12.4. The van der Waals surface area contributed by atoms with E-state index in [1.807, 2.05) is 35.8 Å². The number of rotatable bonds is 6. The summed E-state index contributed by atoms with van der Waals surface area (Å²) >= 11 is 16.9. The zero-order valence-corrected chi connectivity index (χ0v) is 19.6. The first kappa shape index (κ1) is 21.2. The average Bonchev–Trinajstić information content (AvgIpc) is 3.32. The predicted octanol–water partition coefficient (Wildman–Crippen LogP) is 6.51. The lowest BCUT2D eigenvalue weighted by molar-refractivity contribution is -0.113. The van der Waals surface area contributed by atoms with E-state index in [0.29, 0.717) is 39.0 Å². The molecule has 0 spiro atoms. The van der Waals surface area contributed by atoms with Gasteiger partial charge in [-0.15, -0.1) is 10.2 Å². The molecule has 1 N–H and O–H groups in total. The lowest BCUT2D eigenvalue weighted by atomic mass is 10.2. The van der Waals surface area contributed by atoms with Gasteiger partial charge in [0.2, 0.25) is 11.7 Å². The van der Waals surface area contributed by atoms with Gasteiger partial charge in [0.25, 0.3) is 0 Å². The fourth-order valence-electron chi connectivity index (χ4n) is 2.90. The van der Waals surface area contributed by atoms with E-state index < -0.39 is 0 Å². The Bertz CT molecular complexity index is 1240. The van der Waals surface area contributed by atoms with Gasteiger partial charge in [0.05, 0.1) is 21.5 Å². The lowest BCUT2D eigenvalue weighted by Crippen LogP contribution is -2.15. The third kappa shape index (κ3) is 4.37. The van der Waals surface area contributed by atoms with Gasteiger partial charge in [-0.05, 0) is 43.3 Å². The number of fused-ring (bicyclic) bond motifs is 1. The van der Waals surface area contributed by atoms with Crippen LogP contribution in [-0.4, -0.2) is 26.4 Å². The molecule has 0 radical (unpaired) electrons. The van der Waals surface area contributed by atoms with Gasteiger partial charge in [-0.25, -0.2) is 0 Å². The Labute approximate surface area is 195 Å². The average molecular weight is 526 g/mol. The highest BCUT2D eigenvalue weighted by Crippen LogP contribution is 2.32. The molecule has 0 saturated heterocycles. The first-order valence-corrected chi connectivity index (χ1v) is 11.5. The number of aromatic nitrogens is 3. The van der Waals surface area contributed by atoms with Crippen LogP contribution in [0.5, 0.6) is 0 Å². The van der Waals surface area contributed by atoms with Crippen LogP contribution in [0.4, 0.5) is 5.69 Å². The van der Waals surface area contributed by atoms with Crippen LogP contribution in [0.1, 0.15) is 6.92 Å². The van der Waals surface area contributed by atoms with Crippen LogP contribution in [0, 0.1) is 0 Å². The molecule has 6 nitrogen and oxygen atoms in total. The molecule has 0 aliphatic carbocycles. The predicted molar refractivity (Wildman–Crippen MR) is 124 cm³/mol. The Morgan fingerprint density at radius 2 is 2.07 bits per heavy atom. The topological polar surface area (TPSA) is 73.0 Å². The standard InChI is InChI=1S/C20H15BrCl2N4O2S/c1-2-27-19(16-9-11-8-12(21)6-7-15(11)29-16)25-26-20(27)30-10-17(28)24-14-5-3-4-13(22)18(14)23/h3-9H,2,10H2,1H3,(H,24,28). The number of nitrogens with one attached hydrogen (secondary N) is 1. The number of carbonyl (C=O) groups excluding carboxylic acids is 1. The summed E-state index contributed by atoms with van der Waals surface area (Å²) in [6, 6.07) is 12.8. The van der Waals surface area contributed by atoms with Crippen molar-refractivity contribution in [3.8, 4) is 11.6 Å². The van der Waals surface area contributed by atoms with E-state index >= 15 is 0 Å². The van der Waals surface area contributed by atoms with Crippen molar-refractivity contribution in [2.75, 3.05) is 11.1 Å². The highest BCUT2D eigenvalue weighted by atomic mass is 79.9. The van der Waals surface area contributed by atoms with Crippen molar-refractivity contribution in [3.63, 3.8) is 0 Å². The van der Waals surface area contributed by atoms with Crippen LogP contribution in [0.2, 0.25) is 10.0 Å². The van der Waals surface area contributed by atoms with Crippen molar-refractivity contribution < 1.29 is 9.21 Å². The second kappa shape index (κ2) is 9.01. The summed E-state index contributed by atoms with van der Waals surface area (Å²) in [5.74, 6) is 1.17. The van der Waals surface area contributed by atoms with E-state index in [1.54, 1.807) is 18.2 Å². The molecule has 30 heavy (non-hydrogen) atoms. The Kier molecular flexibility index (Phi) is 6.38. The van der Waals surface area contributed by atoms with E-state index in [-0.39, 0.29) is 11.7 Å². The molecule has 4 aromatic rings. The number of halogens is 3. The molecule has 0 fully saturated rings. The van der Waals surface area contributed by atoms with Crippen molar-refractivity contribution in [1.29, 1.82) is 0 Å². The fourth-order valence-corrected chi connectivity index (χ4v) is 4.43. The van der Waals surface area contributed by atoms with E-state index in [0.717, 1.165) is 15.4 Å². The minimum Gasteiger partial charge on any atom is -0.453 e. The molecule has 0 bridgehead atoms. The molecule has 0 saturated carbocycles. The van der Waals surface area contributed by atoms with Gasteiger partial charge in [-0.2, -0.15) is 0 Å². The molecular formula is C20H15BrCl2N4O2S. The van der Waals surface area contributed by atoms with E-state index in [1.165, 1.54) is 11.8 Å². The molecule has 4 rings (SSSR count). The van der Waals surface area contributed by atoms with Crippen LogP contribution in [0.25, 0.3) is 22.6 Å². The molecule has 0 unspecified atom stereocenters. The number of carbonyl (C=O) groups is 1. The van der Waals surface area contributed by atoms with E-state index in [2.05, 4.69) is 31.4 Å². The van der Waals surface area contributed by atoms with E-state index in [9.17, 15) is 4.79 Å². The molecule has 154 valence electrons. The Morgan fingerprint density at radius 3 is 2.87 bits per heavy atom. The summed E-state index contributed by atoms with van der Waals surface area (Å²) in [5.41, 5.74) is 1.24. The third-order valence-electron chi connectivity index (χ3n) is 4.29. The number of thioether (sulfide) groups is 1. The molecule has 10 heteroatoms. The maximum absolute atomic E-state index is 12.4. The number of furan rings is 1. The summed E-state index contributed by atoms with van der Waals surface area (Å²) in [6.45, 7) is 2.62. The SMILES string of the molecule is CCn1c(SCC(=O)Nc2cccc(Cl)c2Cl)nnc1-c1cc2cc(Br)ccc2o1. The van der Waals surface area contributed by atoms with Gasteiger partial charge >= 0.3 is 0 Å². The second-order valence-electron chi connectivity index (χ2n) is 6.28. The molecule has 2 heterocycles. The zero-order valence-electron chi connectivity index (χ0n) is 15.7. The Balaban J connectivity index is 1.50. The number of amides is 1. The molecular weight excluding hydrogens is 511 g/mol. The summed E-state index contributed by atoms with van der Waals surface area (Å²) < 4.78 is 8.82. The van der Waals surface area contributed by atoms with Crippen LogP contribution >= 0.6 is 50.9 Å². The number of nitrogens with zero attached hydrogens (tertiary/aromatic N) is 3. The Hall–Kier alpha value is -2.00.